The molecule has 30 heavy (non-hydrogen) atoms. The molecule has 10 nitrogen and oxygen atoms in total. The molecule has 0 unspecified atom stereocenters. The van der Waals surface area contributed by atoms with Crippen LogP contribution in [0.2, 0.25) is 0 Å². The Hall–Kier alpha value is -2.83. The Morgan fingerprint density at radius 2 is 1.37 bits per heavy atom. The summed E-state index contributed by atoms with van der Waals surface area (Å²) in [7, 11) is -5.07. The molecule has 1 aliphatic heterocycles. The van der Waals surface area contributed by atoms with Gasteiger partial charge in [-0.05, 0) is 24.3 Å². The Morgan fingerprint density at radius 3 is 1.87 bits per heavy atom. The molecule has 1 saturated heterocycles. The second-order valence-electron chi connectivity index (χ2n) is 6.26. The molecule has 2 aromatic carbocycles. The number of benzene rings is 2. The van der Waals surface area contributed by atoms with Crippen molar-refractivity contribution in [2.75, 3.05) is 6.61 Å². The second-order valence-corrected chi connectivity index (χ2v) is 7.31. The Bertz CT molecular complexity index is 977. The van der Waals surface area contributed by atoms with Gasteiger partial charge in [-0.25, -0.2) is 13.8 Å². The van der Waals surface area contributed by atoms with Gasteiger partial charge in [-0.15, -0.1) is 0 Å². The van der Waals surface area contributed by atoms with Gasteiger partial charge in [0.15, 0.2) is 24.6 Å². The third-order valence-corrected chi connectivity index (χ3v) is 4.62. The number of carbonyl (C=O) groups excluding carboxylic acids is 2. The lowest BCUT2D eigenvalue weighted by Crippen LogP contribution is -2.57. The van der Waals surface area contributed by atoms with Crippen LogP contribution in [-0.2, 0) is 28.8 Å². The fraction of sp³-hybridized carbons (Fsp3) is 0.263. The SMILES string of the molecule is O=C(O[C@H]1[C@@H](OS(=O)(=O)O)[C@H](O)OC[C@@H]1OC(=O)c1ccccc1)c1ccccc1. The lowest BCUT2D eigenvalue weighted by molar-refractivity contribution is -0.244. The number of esters is 2. The first-order valence-electron chi connectivity index (χ1n) is 8.72. The van der Waals surface area contributed by atoms with Crippen molar-refractivity contribution in [3.8, 4) is 0 Å². The van der Waals surface area contributed by atoms with E-state index in [9.17, 15) is 23.1 Å². The fourth-order valence-corrected chi connectivity index (χ4v) is 3.27. The average molecular weight is 438 g/mol. The summed E-state index contributed by atoms with van der Waals surface area (Å²) in [6, 6.07) is 15.6. The summed E-state index contributed by atoms with van der Waals surface area (Å²) < 4.78 is 51.5. The predicted molar refractivity (Wildman–Crippen MR) is 99.7 cm³/mol. The molecule has 0 saturated carbocycles. The molecule has 2 aromatic rings. The maximum absolute atomic E-state index is 12.5. The van der Waals surface area contributed by atoms with Gasteiger partial charge in [0.25, 0.3) is 0 Å². The molecular weight excluding hydrogens is 420 g/mol. The number of hydrogen-bond donors (Lipinski definition) is 2. The molecule has 0 aliphatic carbocycles. The van der Waals surface area contributed by atoms with Crippen LogP contribution in [0.25, 0.3) is 0 Å². The minimum atomic E-state index is -5.07. The molecule has 1 heterocycles. The first-order chi connectivity index (χ1) is 14.2. The van der Waals surface area contributed by atoms with Crippen LogP contribution in [0.3, 0.4) is 0 Å². The summed E-state index contributed by atoms with van der Waals surface area (Å²) >= 11 is 0. The van der Waals surface area contributed by atoms with E-state index in [1.807, 2.05) is 0 Å². The van der Waals surface area contributed by atoms with Crippen molar-refractivity contribution in [2.45, 2.75) is 24.6 Å². The van der Waals surface area contributed by atoms with Gasteiger partial charge in [-0.1, -0.05) is 36.4 Å². The zero-order valence-corrected chi connectivity index (χ0v) is 16.2. The maximum atomic E-state index is 12.5. The third kappa shape index (κ3) is 5.62. The number of carbonyl (C=O) groups is 2. The summed E-state index contributed by atoms with van der Waals surface area (Å²) in [6.45, 7) is -0.419. The lowest BCUT2D eigenvalue weighted by atomic mass is 10.0. The van der Waals surface area contributed by atoms with Gasteiger partial charge in [-0.3, -0.25) is 4.55 Å². The first kappa shape index (κ1) is 21.9. The zero-order valence-electron chi connectivity index (χ0n) is 15.4. The van der Waals surface area contributed by atoms with Crippen molar-refractivity contribution in [3.63, 3.8) is 0 Å². The van der Waals surface area contributed by atoms with Crippen LogP contribution in [-0.4, -0.2) is 61.2 Å². The van der Waals surface area contributed by atoms with E-state index in [1.54, 1.807) is 36.4 Å². The summed E-state index contributed by atoms with van der Waals surface area (Å²) in [5.74, 6) is -1.69. The van der Waals surface area contributed by atoms with Crippen LogP contribution in [0.15, 0.2) is 60.7 Å². The van der Waals surface area contributed by atoms with Crippen molar-refractivity contribution in [2.24, 2.45) is 0 Å². The number of aliphatic hydroxyl groups is 1. The molecule has 160 valence electrons. The quantitative estimate of drug-likeness (QED) is 0.494. The smallest absolute Gasteiger partial charge is 0.397 e. The number of hydrogen-bond acceptors (Lipinski definition) is 9. The van der Waals surface area contributed by atoms with Crippen LogP contribution >= 0.6 is 0 Å². The molecule has 0 spiro atoms. The van der Waals surface area contributed by atoms with E-state index in [0.29, 0.717) is 0 Å². The molecule has 2 N–H and O–H groups in total. The molecule has 0 amide bonds. The van der Waals surface area contributed by atoms with Gasteiger partial charge in [0.05, 0.1) is 17.7 Å². The number of ether oxygens (including phenoxy) is 3. The zero-order chi connectivity index (χ0) is 21.7. The van der Waals surface area contributed by atoms with Crippen LogP contribution < -0.4 is 0 Å². The topological polar surface area (TPSA) is 146 Å². The van der Waals surface area contributed by atoms with E-state index < -0.39 is 53.5 Å². The molecule has 0 aromatic heterocycles. The molecule has 0 bridgehead atoms. The van der Waals surface area contributed by atoms with Gasteiger partial charge in [-0.2, -0.15) is 8.42 Å². The van der Waals surface area contributed by atoms with Crippen LogP contribution in [0.5, 0.6) is 0 Å². The summed E-state index contributed by atoms with van der Waals surface area (Å²) in [4.78, 5) is 24.9. The highest BCUT2D eigenvalue weighted by Crippen LogP contribution is 2.25. The monoisotopic (exact) mass is 438 g/mol. The molecular formula is C19H18O10S. The minimum Gasteiger partial charge on any atom is -0.452 e. The van der Waals surface area contributed by atoms with Gasteiger partial charge in [0.1, 0.15) is 0 Å². The van der Waals surface area contributed by atoms with Crippen molar-refractivity contribution in [3.05, 3.63) is 71.8 Å². The van der Waals surface area contributed by atoms with E-state index in [2.05, 4.69) is 4.18 Å². The summed E-state index contributed by atoms with van der Waals surface area (Å²) in [5, 5.41) is 10.0. The molecule has 0 radical (unpaired) electrons. The van der Waals surface area contributed by atoms with Crippen LogP contribution in [0.4, 0.5) is 0 Å². The molecule has 1 fully saturated rings. The largest absolute Gasteiger partial charge is 0.452 e. The molecule has 1 aliphatic rings. The first-order valence-corrected chi connectivity index (χ1v) is 10.1. The fourth-order valence-electron chi connectivity index (χ4n) is 2.79. The lowest BCUT2D eigenvalue weighted by Gasteiger charge is -2.38. The average Bonchev–Trinajstić information content (AvgIpc) is 2.73. The van der Waals surface area contributed by atoms with Gasteiger partial charge < -0.3 is 19.3 Å². The van der Waals surface area contributed by atoms with E-state index >= 15 is 0 Å². The molecule has 11 heteroatoms. The van der Waals surface area contributed by atoms with E-state index in [-0.39, 0.29) is 11.1 Å². The predicted octanol–water partition coefficient (Wildman–Crippen LogP) is 0.974. The van der Waals surface area contributed by atoms with Crippen LogP contribution in [0, 0.1) is 0 Å². The standard InChI is InChI=1S/C19H18O10S/c20-17(12-7-3-1-4-8-12)27-14-11-26-19(22)16(29-30(23,24)25)15(14)28-18(21)13-9-5-2-6-10-13/h1-10,14-16,19,22H,11H2,(H,23,24,25)/t14-,15+,16+,19+/m0/s1. The third-order valence-electron chi connectivity index (χ3n) is 4.16. The molecule has 4 atom stereocenters. The summed E-state index contributed by atoms with van der Waals surface area (Å²) in [5.41, 5.74) is 0.307. The van der Waals surface area contributed by atoms with Crippen molar-refractivity contribution >= 4 is 22.3 Å². The van der Waals surface area contributed by atoms with Crippen LogP contribution in [0.1, 0.15) is 20.7 Å². The Labute approximate surface area is 171 Å². The second kappa shape index (κ2) is 9.32. The van der Waals surface area contributed by atoms with Gasteiger partial charge in [0.2, 0.25) is 0 Å². The normalized spacial score (nSPS) is 24.1. The highest BCUT2D eigenvalue weighted by molar-refractivity contribution is 7.80. The van der Waals surface area contributed by atoms with Gasteiger partial charge in [0, 0.05) is 0 Å². The molecule has 3 rings (SSSR count). The summed E-state index contributed by atoms with van der Waals surface area (Å²) in [6.07, 6.45) is -6.70. The number of rotatable bonds is 6. The van der Waals surface area contributed by atoms with Crippen molar-refractivity contribution < 1.29 is 46.1 Å². The Kier molecular flexibility index (Phi) is 6.80. The van der Waals surface area contributed by atoms with E-state index in [0.717, 1.165) is 0 Å². The van der Waals surface area contributed by atoms with Gasteiger partial charge >= 0.3 is 22.3 Å². The minimum absolute atomic E-state index is 0.122. The van der Waals surface area contributed by atoms with E-state index in [4.69, 9.17) is 18.8 Å². The Balaban J connectivity index is 1.86. The number of aliphatic hydroxyl groups excluding tert-OH is 1. The van der Waals surface area contributed by atoms with Crippen molar-refractivity contribution in [1.29, 1.82) is 0 Å². The highest BCUT2D eigenvalue weighted by Gasteiger charge is 2.47. The van der Waals surface area contributed by atoms with E-state index in [1.165, 1.54) is 24.3 Å². The van der Waals surface area contributed by atoms with Crippen molar-refractivity contribution in [1.82, 2.24) is 0 Å². The Morgan fingerprint density at radius 1 is 0.867 bits per heavy atom. The highest BCUT2D eigenvalue weighted by atomic mass is 32.3. The maximum Gasteiger partial charge on any atom is 0.397 e.